The van der Waals surface area contributed by atoms with Gasteiger partial charge in [0.25, 0.3) is 5.91 Å². The lowest BCUT2D eigenvalue weighted by molar-refractivity contribution is -0.119. The summed E-state index contributed by atoms with van der Waals surface area (Å²) in [5.41, 5.74) is 0.887. The van der Waals surface area contributed by atoms with E-state index in [9.17, 15) is 4.79 Å². The molecule has 2 aliphatic rings. The SMILES string of the molecule is Cc1ccsc1C(=O)N1CC2(C1)OCCC2CCOc1ccccn1. The summed E-state index contributed by atoms with van der Waals surface area (Å²) in [6, 6.07) is 7.66. The molecular formula is C19H22N2O3S. The Labute approximate surface area is 151 Å². The molecule has 2 fully saturated rings. The van der Waals surface area contributed by atoms with Gasteiger partial charge in [-0.1, -0.05) is 6.07 Å². The van der Waals surface area contributed by atoms with Gasteiger partial charge in [-0.2, -0.15) is 0 Å². The number of hydrogen-bond acceptors (Lipinski definition) is 5. The Morgan fingerprint density at radius 3 is 3.04 bits per heavy atom. The summed E-state index contributed by atoms with van der Waals surface area (Å²) >= 11 is 1.52. The standard InChI is InChI=1S/C19H22N2O3S/c1-14-7-11-25-17(14)18(22)21-12-19(13-21)15(6-10-24-19)5-9-23-16-4-2-3-8-20-16/h2-4,7-8,11,15H,5-6,9-10,12-13H2,1H3. The van der Waals surface area contributed by atoms with Crippen molar-refractivity contribution in [1.82, 2.24) is 9.88 Å². The summed E-state index contributed by atoms with van der Waals surface area (Å²) in [6.07, 6.45) is 3.69. The van der Waals surface area contributed by atoms with Crippen LogP contribution in [0.25, 0.3) is 0 Å². The maximum absolute atomic E-state index is 12.6. The van der Waals surface area contributed by atoms with Crippen molar-refractivity contribution in [2.24, 2.45) is 5.92 Å². The normalized spacial score (nSPS) is 21.3. The fourth-order valence-electron chi connectivity index (χ4n) is 3.76. The highest BCUT2D eigenvalue weighted by Crippen LogP contribution is 2.42. The minimum atomic E-state index is -0.172. The third kappa shape index (κ3) is 3.16. The molecule has 6 heteroatoms. The lowest BCUT2D eigenvalue weighted by atomic mass is 9.79. The molecule has 0 aromatic carbocycles. The van der Waals surface area contributed by atoms with Crippen molar-refractivity contribution in [3.05, 3.63) is 46.3 Å². The maximum atomic E-state index is 12.6. The van der Waals surface area contributed by atoms with Crippen molar-refractivity contribution in [2.75, 3.05) is 26.3 Å². The molecule has 0 aliphatic carbocycles. The number of aromatic nitrogens is 1. The minimum Gasteiger partial charge on any atom is -0.478 e. The van der Waals surface area contributed by atoms with Gasteiger partial charge in [-0.15, -0.1) is 11.3 Å². The number of aryl methyl sites for hydroxylation is 1. The van der Waals surface area contributed by atoms with Crippen LogP contribution >= 0.6 is 11.3 Å². The van der Waals surface area contributed by atoms with Crippen LogP contribution in [-0.4, -0.2) is 47.7 Å². The summed E-state index contributed by atoms with van der Waals surface area (Å²) in [4.78, 5) is 19.5. The van der Waals surface area contributed by atoms with Crippen LogP contribution in [0.1, 0.15) is 28.1 Å². The number of likely N-dealkylation sites (tertiary alicyclic amines) is 1. The quantitative estimate of drug-likeness (QED) is 0.824. The number of carbonyl (C=O) groups is 1. The smallest absolute Gasteiger partial charge is 0.264 e. The molecule has 4 heterocycles. The molecule has 2 aromatic heterocycles. The zero-order chi connectivity index (χ0) is 17.3. The molecule has 5 nitrogen and oxygen atoms in total. The monoisotopic (exact) mass is 358 g/mol. The predicted octanol–water partition coefficient (Wildman–Crippen LogP) is 3.15. The molecule has 2 aliphatic heterocycles. The van der Waals surface area contributed by atoms with Crippen molar-refractivity contribution in [3.8, 4) is 5.88 Å². The molecule has 0 saturated carbocycles. The molecule has 0 radical (unpaired) electrons. The molecule has 1 atom stereocenters. The van der Waals surface area contributed by atoms with Gasteiger partial charge in [-0.3, -0.25) is 4.79 Å². The van der Waals surface area contributed by atoms with E-state index in [-0.39, 0.29) is 11.5 Å². The summed E-state index contributed by atoms with van der Waals surface area (Å²) < 4.78 is 11.8. The van der Waals surface area contributed by atoms with E-state index in [2.05, 4.69) is 4.98 Å². The van der Waals surface area contributed by atoms with E-state index in [0.29, 0.717) is 31.5 Å². The van der Waals surface area contributed by atoms with E-state index < -0.39 is 0 Å². The van der Waals surface area contributed by atoms with Crippen LogP contribution in [-0.2, 0) is 4.74 Å². The van der Waals surface area contributed by atoms with E-state index >= 15 is 0 Å². The fraction of sp³-hybridized carbons (Fsp3) is 0.474. The first kappa shape index (κ1) is 16.5. The molecule has 25 heavy (non-hydrogen) atoms. The zero-order valence-corrected chi connectivity index (χ0v) is 15.1. The van der Waals surface area contributed by atoms with Gasteiger partial charge in [-0.05, 0) is 48.8 Å². The van der Waals surface area contributed by atoms with Crippen LogP contribution in [0.2, 0.25) is 0 Å². The van der Waals surface area contributed by atoms with E-state index in [1.54, 1.807) is 6.20 Å². The zero-order valence-electron chi connectivity index (χ0n) is 14.3. The molecule has 1 unspecified atom stereocenters. The van der Waals surface area contributed by atoms with E-state index in [1.807, 2.05) is 41.5 Å². The second kappa shape index (κ2) is 6.77. The van der Waals surface area contributed by atoms with Gasteiger partial charge in [0.2, 0.25) is 5.88 Å². The minimum absolute atomic E-state index is 0.136. The Bertz CT molecular complexity index is 740. The second-order valence-corrected chi connectivity index (χ2v) is 7.71. The van der Waals surface area contributed by atoms with Crippen LogP contribution in [0.5, 0.6) is 5.88 Å². The Balaban J connectivity index is 1.32. The number of amides is 1. The number of thiophene rings is 1. The number of carbonyl (C=O) groups excluding carboxylic acids is 1. The van der Waals surface area contributed by atoms with E-state index in [1.165, 1.54) is 11.3 Å². The summed E-state index contributed by atoms with van der Waals surface area (Å²) in [5, 5.41) is 1.97. The lowest BCUT2D eigenvalue weighted by Gasteiger charge is -2.50. The van der Waals surface area contributed by atoms with Gasteiger partial charge in [0, 0.05) is 18.9 Å². The highest BCUT2D eigenvalue weighted by molar-refractivity contribution is 7.12. The molecule has 132 valence electrons. The Hall–Kier alpha value is -1.92. The topological polar surface area (TPSA) is 51.7 Å². The van der Waals surface area contributed by atoms with Crippen LogP contribution in [0.4, 0.5) is 0 Å². The molecule has 4 rings (SSSR count). The molecular weight excluding hydrogens is 336 g/mol. The second-order valence-electron chi connectivity index (χ2n) is 6.80. The third-order valence-corrected chi connectivity index (χ3v) is 6.22. The fourth-order valence-corrected chi connectivity index (χ4v) is 4.65. The Kier molecular flexibility index (Phi) is 4.48. The first-order valence-electron chi connectivity index (χ1n) is 8.69. The van der Waals surface area contributed by atoms with Gasteiger partial charge in [-0.25, -0.2) is 4.98 Å². The van der Waals surface area contributed by atoms with E-state index in [4.69, 9.17) is 9.47 Å². The van der Waals surface area contributed by atoms with Crippen molar-refractivity contribution in [1.29, 1.82) is 0 Å². The average Bonchev–Trinajstić information content (AvgIpc) is 3.20. The lowest BCUT2D eigenvalue weighted by Crippen LogP contribution is -2.66. The highest BCUT2D eigenvalue weighted by atomic mass is 32.1. The number of ether oxygens (including phenoxy) is 2. The average molecular weight is 358 g/mol. The van der Waals surface area contributed by atoms with E-state index in [0.717, 1.165) is 29.9 Å². The van der Waals surface area contributed by atoms with Crippen LogP contribution in [0, 0.1) is 12.8 Å². The highest BCUT2D eigenvalue weighted by Gasteiger charge is 2.54. The van der Waals surface area contributed by atoms with Crippen LogP contribution in [0.15, 0.2) is 35.8 Å². The summed E-state index contributed by atoms with van der Waals surface area (Å²) in [7, 11) is 0. The van der Waals surface area contributed by atoms with Crippen LogP contribution < -0.4 is 4.74 Å². The van der Waals surface area contributed by atoms with Crippen molar-refractivity contribution in [2.45, 2.75) is 25.4 Å². The van der Waals surface area contributed by atoms with Crippen LogP contribution in [0.3, 0.4) is 0 Å². The van der Waals surface area contributed by atoms with Gasteiger partial charge in [0.15, 0.2) is 0 Å². The van der Waals surface area contributed by atoms with Gasteiger partial charge in [0.05, 0.1) is 24.6 Å². The summed E-state index contributed by atoms with van der Waals surface area (Å²) in [6.45, 7) is 4.77. The molecule has 1 spiro atoms. The number of pyridine rings is 1. The third-order valence-electron chi connectivity index (χ3n) is 5.21. The number of hydrogen-bond donors (Lipinski definition) is 0. The largest absolute Gasteiger partial charge is 0.478 e. The predicted molar refractivity (Wildman–Crippen MR) is 96.1 cm³/mol. The molecule has 1 amide bonds. The molecule has 0 N–H and O–H groups in total. The maximum Gasteiger partial charge on any atom is 0.264 e. The van der Waals surface area contributed by atoms with Gasteiger partial charge < -0.3 is 14.4 Å². The first-order chi connectivity index (χ1) is 12.2. The Morgan fingerprint density at radius 1 is 1.44 bits per heavy atom. The molecule has 0 bridgehead atoms. The first-order valence-corrected chi connectivity index (χ1v) is 9.57. The molecule has 2 saturated heterocycles. The van der Waals surface area contributed by atoms with Gasteiger partial charge in [0.1, 0.15) is 5.60 Å². The van der Waals surface area contributed by atoms with Crippen molar-refractivity contribution >= 4 is 17.2 Å². The summed E-state index contributed by atoms with van der Waals surface area (Å²) in [5.74, 6) is 1.23. The number of nitrogens with zero attached hydrogens (tertiary/aromatic N) is 2. The number of rotatable bonds is 5. The van der Waals surface area contributed by atoms with Crippen molar-refractivity contribution in [3.63, 3.8) is 0 Å². The molecule has 2 aromatic rings. The Morgan fingerprint density at radius 2 is 2.32 bits per heavy atom. The van der Waals surface area contributed by atoms with Gasteiger partial charge >= 0.3 is 0 Å². The van der Waals surface area contributed by atoms with Crippen molar-refractivity contribution < 1.29 is 14.3 Å².